The van der Waals surface area contributed by atoms with Gasteiger partial charge < -0.3 is 11.1 Å². The number of pyridine rings is 1. The third kappa shape index (κ3) is 3.02. The minimum absolute atomic E-state index is 0.0804. The second-order valence-corrected chi connectivity index (χ2v) is 3.93. The molecule has 0 radical (unpaired) electrons. The third-order valence-corrected chi connectivity index (χ3v) is 2.55. The van der Waals surface area contributed by atoms with Crippen LogP contribution in [0.15, 0.2) is 24.5 Å². The molecule has 0 aliphatic heterocycles. The number of rotatable bonds is 4. The van der Waals surface area contributed by atoms with Gasteiger partial charge in [0.05, 0.1) is 0 Å². The smallest absolute Gasteiger partial charge is 0.220 e. The van der Waals surface area contributed by atoms with Gasteiger partial charge in [0.25, 0.3) is 0 Å². The highest BCUT2D eigenvalue weighted by Crippen LogP contribution is 2.17. The molecule has 0 bridgehead atoms. The van der Waals surface area contributed by atoms with Crippen LogP contribution in [0.2, 0.25) is 0 Å². The molecule has 4 heteroatoms. The summed E-state index contributed by atoms with van der Waals surface area (Å²) in [6.45, 7) is 0. The van der Waals surface area contributed by atoms with E-state index in [1.165, 1.54) is 0 Å². The Morgan fingerprint density at radius 1 is 1.67 bits per heavy atom. The molecule has 2 atom stereocenters. The average molecular weight is 205 g/mol. The normalized spacial score (nSPS) is 23.5. The lowest BCUT2D eigenvalue weighted by Gasteiger charge is -2.03. The molecule has 3 N–H and O–H groups in total. The fraction of sp³-hybridized carbons (Fsp3) is 0.455. The minimum atomic E-state index is 0.0804. The Balaban J connectivity index is 1.71. The van der Waals surface area contributed by atoms with Crippen molar-refractivity contribution in [3.05, 3.63) is 30.1 Å². The van der Waals surface area contributed by atoms with Crippen molar-refractivity contribution in [1.82, 2.24) is 10.3 Å². The van der Waals surface area contributed by atoms with E-state index in [1.54, 1.807) is 12.4 Å². The summed E-state index contributed by atoms with van der Waals surface area (Å²) in [5, 5.41) is 2.89. The number of aryl methyl sites for hydroxylation is 1. The van der Waals surface area contributed by atoms with Gasteiger partial charge in [0.2, 0.25) is 5.91 Å². The van der Waals surface area contributed by atoms with E-state index >= 15 is 0 Å². The number of nitrogens with two attached hydrogens (primary N) is 1. The predicted octanol–water partition coefficient (Wildman–Crippen LogP) is 0.230. The molecular weight excluding hydrogens is 190 g/mol. The van der Waals surface area contributed by atoms with Crippen LogP contribution in [0.1, 0.15) is 18.4 Å². The van der Waals surface area contributed by atoms with Crippen molar-refractivity contribution in [1.29, 1.82) is 0 Å². The zero-order valence-corrected chi connectivity index (χ0v) is 8.52. The van der Waals surface area contributed by atoms with E-state index in [1.807, 2.05) is 12.1 Å². The number of amides is 1. The molecule has 1 aromatic rings. The first-order valence-electron chi connectivity index (χ1n) is 5.19. The van der Waals surface area contributed by atoms with Crippen molar-refractivity contribution < 1.29 is 4.79 Å². The average Bonchev–Trinajstić information content (AvgIpc) is 2.93. The Morgan fingerprint density at radius 3 is 3.07 bits per heavy atom. The molecule has 1 saturated carbocycles. The summed E-state index contributed by atoms with van der Waals surface area (Å²) in [4.78, 5) is 15.4. The van der Waals surface area contributed by atoms with Gasteiger partial charge in [0, 0.05) is 30.9 Å². The molecule has 15 heavy (non-hydrogen) atoms. The Hall–Kier alpha value is -1.42. The van der Waals surface area contributed by atoms with E-state index < -0.39 is 0 Å². The monoisotopic (exact) mass is 205 g/mol. The van der Waals surface area contributed by atoms with Crippen LogP contribution in [0.5, 0.6) is 0 Å². The summed E-state index contributed by atoms with van der Waals surface area (Å²) in [6, 6.07) is 4.24. The number of carbonyl (C=O) groups is 1. The Bertz CT molecular complexity index is 339. The number of aromatic nitrogens is 1. The number of nitrogens with one attached hydrogen (secondary N) is 1. The summed E-state index contributed by atoms with van der Waals surface area (Å²) in [6.07, 6.45) is 5.68. The molecule has 1 aliphatic carbocycles. The maximum Gasteiger partial charge on any atom is 0.220 e. The number of hydrogen-bond acceptors (Lipinski definition) is 3. The second-order valence-electron chi connectivity index (χ2n) is 3.93. The van der Waals surface area contributed by atoms with Gasteiger partial charge in [-0.25, -0.2) is 0 Å². The Kier molecular flexibility index (Phi) is 2.97. The van der Waals surface area contributed by atoms with Crippen LogP contribution >= 0.6 is 0 Å². The van der Waals surface area contributed by atoms with Crippen LogP contribution < -0.4 is 11.1 Å². The van der Waals surface area contributed by atoms with Crippen LogP contribution in [0.4, 0.5) is 0 Å². The van der Waals surface area contributed by atoms with Gasteiger partial charge >= 0.3 is 0 Å². The van der Waals surface area contributed by atoms with E-state index in [-0.39, 0.29) is 18.0 Å². The molecule has 1 aliphatic rings. The molecular formula is C11H15N3O. The van der Waals surface area contributed by atoms with Gasteiger partial charge in [0.1, 0.15) is 0 Å². The van der Waals surface area contributed by atoms with Crippen molar-refractivity contribution in [3.63, 3.8) is 0 Å². The molecule has 1 aromatic heterocycles. The van der Waals surface area contributed by atoms with Crippen molar-refractivity contribution in [2.45, 2.75) is 31.3 Å². The van der Waals surface area contributed by atoms with Gasteiger partial charge in [-0.1, -0.05) is 6.07 Å². The maximum absolute atomic E-state index is 11.4. The Labute approximate surface area is 88.9 Å². The van der Waals surface area contributed by atoms with Crippen LogP contribution in [0, 0.1) is 0 Å². The fourth-order valence-corrected chi connectivity index (χ4v) is 1.46. The first kappa shape index (κ1) is 10.1. The molecule has 1 amide bonds. The summed E-state index contributed by atoms with van der Waals surface area (Å²) in [5.41, 5.74) is 6.69. The molecule has 80 valence electrons. The lowest BCUT2D eigenvalue weighted by Crippen LogP contribution is -2.29. The molecule has 1 fully saturated rings. The standard InChI is InChI=1S/C11H15N3O/c12-9-6-10(9)14-11(15)4-3-8-2-1-5-13-7-8/h1-2,5,7,9-10H,3-4,6,12H2,(H,14,15). The van der Waals surface area contributed by atoms with Gasteiger partial charge in [0.15, 0.2) is 0 Å². The lowest BCUT2D eigenvalue weighted by atomic mass is 10.1. The van der Waals surface area contributed by atoms with Crippen molar-refractivity contribution in [2.24, 2.45) is 5.73 Å². The summed E-state index contributed by atoms with van der Waals surface area (Å²) < 4.78 is 0. The number of carbonyl (C=O) groups excluding carboxylic acids is 1. The van der Waals surface area contributed by atoms with E-state index in [4.69, 9.17) is 5.73 Å². The van der Waals surface area contributed by atoms with Crippen LogP contribution in [0.3, 0.4) is 0 Å². The van der Waals surface area contributed by atoms with Gasteiger partial charge in [-0.15, -0.1) is 0 Å². The number of hydrogen-bond donors (Lipinski definition) is 2. The second kappa shape index (κ2) is 4.40. The predicted molar refractivity (Wildman–Crippen MR) is 57.1 cm³/mol. The molecule has 4 nitrogen and oxygen atoms in total. The fourth-order valence-electron chi connectivity index (χ4n) is 1.46. The molecule has 1 heterocycles. The molecule has 2 rings (SSSR count). The van der Waals surface area contributed by atoms with Crippen molar-refractivity contribution >= 4 is 5.91 Å². The SMILES string of the molecule is NC1CC1NC(=O)CCc1cccnc1. The zero-order chi connectivity index (χ0) is 10.7. The van der Waals surface area contributed by atoms with Crippen LogP contribution in [-0.2, 0) is 11.2 Å². The highest BCUT2D eigenvalue weighted by Gasteiger charge is 2.34. The van der Waals surface area contributed by atoms with E-state index in [9.17, 15) is 4.79 Å². The van der Waals surface area contributed by atoms with Crippen LogP contribution in [0.25, 0.3) is 0 Å². The van der Waals surface area contributed by atoms with Gasteiger partial charge in [-0.2, -0.15) is 0 Å². The topological polar surface area (TPSA) is 68.0 Å². The maximum atomic E-state index is 11.4. The minimum Gasteiger partial charge on any atom is -0.352 e. The summed E-state index contributed by atoms with van der Waals surface area (Å²) in [5.74, 6) is 0.0804. The molecule has 0 aromatic carbocycles. The van der Waals surface area contributed by atoms with Gasteiger partial charge in [-0.3, -0.25) is 9.78 Å². The third-order valence-electron chi connectivity index (χ3n) is 2.55. The van der Waals surface area contributed by atoms with Crippen molar-refractivity contribution in [3.8, 4) is 0 Å². The molecule has 0 spiro atoms. The summed E-state index contributed by atoms with van der Waals surface area (Å²) >= 11 is 0. The first-order valence-corrected chi connectivity index (χ1v) is 5.19. The lowest BCUT2D eigenvalue weighted by molar-refractivity contribution is -0.121. The highest BCUT2D eigenvalue weighted by atomic mass is 16.1. The molecule has 0 saturated heterocycles. The van der Waals surface area contributed by atoms with Crippen molar-refractivity contribution in [2.75, 3.05) is 0 Å². The van der Waals surface area contributed by atoms with Crippen LogP contribution in [-0.4, -0.2) is 23.0 Å². The van der Waals surface area contributed by atoms with E-state index in [0.717, 1.165) is 18.4 Å². The molecule has 2 unspecified atom stereocenters. The quantitative estimate of drug-likeness (QED) is 0.739. The highest BCUT2D eigenvalue weighted by molar-refractivity contribution is 5.77. The van der Waals surface area contributed by atoms with E-state index in [0.29, 0.717) is 6.42 Å². The largest absolute Gasteiger partial charge is 0.352 e. The summed E-state index contributed by atoms with van der Waals surface area (Å²) in [7, 11) is 0. The number of nitrogens with zero attached hydrogens (tertiary/aromatic N) is 1. The first-order chi connectivity index (χ1) is 7.25. The van der Waals surface area contributed by atoms with E-state index in [2.05, 4.69) is 10.3 Å². The Morgan fingerprint density at radius 2 is 2.47 bits per heavy atom. The van der Waals surface area contributed by atoms with Gasteiger partial charge in [-0.05, 0) is 24.5 Å². The zero-order valence-electron chi connectivity index (χ0n) is 8.52.